The second-order valence-corrected chi connectivity index (χ2v) is 1.14. The lowest BCUT2D eigenvalue weighted by Gasteiger charge is -1.70. The van der Waals surface area contributed by atoms with Gasteiger partial charge in [-0.05, 0) is 13.0 Å². The highest BCUT2D eigenvalue weighted by molar-refractivity contribution is 5.44. The summed E-state index contributed by atoms with van der Waals surface area (Å²) in [6.07, 6.45) is 5.62. The van der Waals surface area contributed by atoms with Crippen molar-refractivity contribution >= 4 is 6.29 Å². The summed E-state index contributed by atoms with van der Waals surface area (Å²) in [4.78, 5) is 16.2. The molecule has 1 rings (SSSR count). The maximum Gasteiger partial charge on any atom is 0.116 e. The van der Waals surface area contributed by atoms with Crippen LogP contribution in [-0.4, -0.2) is 16.3 Å². The minimum Gasteiger partial charge on any atom is -0.304 e. The molecule has 0 spiro atoms. The largest absolute Gasteiger partial charge is 0.304 e. The quantitative estimate of drug-likeness (QED) is 0.478. The van der Waals surface area contributed by atoms with Gasteiger partial charge in [-0.2, -0.15) is 0 Å². The van der Waals surface area contributed by atoms with Crippen molar-refractivity contribution in [2.75, 3.05) is 0 Å². The van der Waals surface area contributed by atoms with Gasteiger partial charge in [-0.25, -0.2) is 9.97 Å². The topological polar surface area (TPSA) is 42.9 Å². The number of carbonyl (C=O) groups excluding carboxylic acids is 1. The molecule has 1 heterocycles. The Morgan fingerprint density at radius 3 is 1.89 bits per heavy atom. The van der Waals surface area contributed by atoms with E-state index in [-0.39, 0.29) is 0 Å². The van der Waals surface area contributed by atoms with Gasteiger partial charge in [0.15, 0.2) is 0 Å². The molecule has 0 bridgehead atoms. The second-order valence-electron chi connectivity index (χ2n) is 1.14. The minimum absolute atomic E-state index is 0.750. The molecule has 0 saturated carbocycles. The SMILES string of the molecule is CC=O.c1cncnc1. The maximum atomic E-state index is 8.81. The standard InChI is InChI=1S/C4H4N2.C2H4O/c1-2-5-4-6-3-1;1-2-3/h1-4H;2H,1H3. The molecule has 1 aromatic rings. The third-order valence-corrected chi connectivity index (χ3v) is 0.478. The Labute approximate surface area is 53.8 Å². The van der Waals surface area contributed by atoms with Gasteiger partial charge in [0.2, 0.25) is 0 Å². The molecule has 3 nitrogen and oxygen atoms in total. The summed E-state index contributed by atoms with van der Waals surface area (Å²) in [7, 11) is 0. The van der Waals surface area contributed by atoms with E-state index in [0.717, 1.165) is 6.29 Å². The first kappa shape index (κ1) is 7.75. The van der Waals surface area contributed by atoms with Crippen molar-refractivity contribution in [3.8, 4) is 0 Å². The Bertz CT molecular complexity index is 114. The van der Waals surface area contributed by atoms with Gasteiger partial charge in [-0.3, -0.25) is 0 Å². The van der Waals surface area contributed by atoms with Gasteiger partial charge in [0.1, 0.15) is 12.6 Å². The predicted molar refractivity (Wildman–Crippen MR) is 33.8 cm³/mol. The summed E-state index contributed by atoms with van der Waals surface area (Å²) < 4.78 is 0. The highest BCUT2D eigenvalue weighted by atomic mass is 16.1. The van der Waals surface area contributed by atoms with Gasteiger partial charge in [0, 0.05) is 12.4 Å². The van der Waals surface area contributed by atoms with Crippen LogP contribution in [0.4, 0.5) is 0 Å². The van der Waals surface area contributed by atoms with Gasteiger partial charge in [0.05, 0.1) is 0 Å². The van der Waals surface area contributed by atoms with E-state index in [0.29, 0.717) is 0 Å². The summed E-state index contributed by atoms with van der Waals surface area (Å²) in [5, 5.41) is 0. The number of aromatic nitrogens is 2. The van der Waals surface area contributed by atoms with Crippen LogP contribution in [0.25, 0.3) is 0 Å². The van der Waals surface area contributed by atoms with Crippen molar-refractivity contribution in [1.29, 1.82) is 0 Å². The van der Waals surface area contributed by atoms with Crippen LogP contribution < -0.4 is 0 Å². The summed E-state index contributed by atoms with van der Waals surface area (Å²) in [6, 6.07) is 1.78. The summed E-state index contributed by atoms with van der Waals surface area (Å²) in [5.74, 6) is 0. The number of aldehydes is 1. The lowest BCUT2D eigenvalue weighted by atomic mass is 10.7. The molecule has 0 atom stereocenters. The smallest absolute Gasteiger partial charge is 0.116 e. The van der Waals surface area contributed by atoms with E-state index in [1.807, 2.05) is 0 Å². The molecule has 0 N–H and O–H groups in total. The first-order chi connectivity index (χ1) is 4.41. The van der Waals surface area contributed by atoms with E-state index in [2.05, 4.69) is 9.97 Å². The van der Waals surface area contributed by atoms with E-state index < -0.39 is 0 Å². The van der Waals surface area contributed by atoms with Crippen LogP contribution in [0.3, 0.4) is 0 Å². The molecular weight excluding hydrogens is 116 g/mol. The zero-order chi connectivity index (χ0) is 6.95. The van der Waals surface area contributed by atoms with Crippen molar-refractivity contribution in [3.05, 3.63) is 24.8 Å². The third-order valence-electron chi connectivity index (χ3n) is 0.478. The first-order valence-corrected chi connectivity index (χ1v) is 2.51. The first-order valence-electron chi connectivity index (χ1n) is 2.51. The van der Waals surface area contributed by atoms with Gasteiger partial charge >= 0.3 is 0 Å². The monoisotopic (exact) mass is 124 g/mol. The predicted octanol–water partition coefficient (Wildman–Crippen LogP) is 0.682. The van der Waals surface area contributed by atoms with Crippen LogP contribution in [0.2, 0.25) is 0 Å². The lowest BCUT2D eigenvalue weighted by Crippen LogP contribution is -1.66. The van der Waals surface area contributed by atoms with Crippen LogP contribution in [0.15, 0.2) is 24.8 Å². The van der Waals surface area contributed by atoms with Crippen LogP contribution in [0, 0.1) is 0 Å². The molecule has 0 aliphatic heterocycles. The van der Waals surface area contributed by atoms with E-state index in [1.165, 1.54) is 13.3 Å². The maximum absolute atomic E-state index is 8.81. The van der Waals surface area contributed by atoms with Crippen LogP contribution in [0.1, 0.15) is 6.92 Å². The molecule has 0 saturated heterocycles. The Morgan fingerprint density at radius 2 is 1.78 bits per heavy atom. The lowest BCUT2D eigenvalue weighted by molar-refractivity contribution is -0.106. The van der Waals surface area contributed by atoms with Crippen molar-refractivity contribution in [2.45, 2.75) is 6.92 Å². The highest BCUT2D eigenvalue weighted by Crippen LogP contribution is 1.66. The Balaban J connectivity index is 0.000000187. The fourth-order valence-electron chi connectivity index (χ4n) is 0.253. The van der Waals surface area contributed by atoms with Crippen molar-refractivity contribution in [3.63, 3.8) is 0 Å². The van der Waals surface area contributed by atoms with Gasteiger partial charge < -0.3 is 4.79 Å². The number of nitrogens with zero attached hydrogens (tertiary/aromatic N) is 2. The van der Waals surface area contributed by atoms with Crippen molar-refractivity contribution in [1.82, 2.24) is 9.97 Å². The number of carbonyl (C=O) groups is 1. The summed E-state index contributed by atoms with van der Waals surface area (Å²) >= 11 is 0. The molecule has 1 aromatic heterocycles. The molecule has 0 unspecified atom stereocenters. The van der Waals surface area contributed by atoms with E-state index in [1.54, 1.807) is 18.5 Å². The normalized spacial score (nSPS) is 6.78. The molecular formula is C6H8N2O. The molecule has 0 amide bonds. The fraction of sp³-hybridized carbons (Fsp3) is 0.167. The van der Waals surface area contributed by atoms with Crippen molar-refractivity contribution < 1.29 is 4.79 Å². The second kappa shape index (κ2) is 6.75. The third kappa shape index (κ3) is 6.75. The fourth-order valence-corrected chi connectivity index (χ4v) is 0.253. The Morgan fingerprint density at radius 1 is 1.33 bits per heavy atom. The van der Waals surface area contributed by atoms with E-state index in [9.17, 15) is 0 Å². The summed E-state index contributed by atoms with van der Waals surface area (Å²) in [6.45, 7) is 1.44. The highest BCUT2D eigenvalue weighted by Gasteiger charge is 1.59. The number of rotatable bonds is 0. The van der Waals surface area contributed by atoms with E-state index in [4.69, 9.17) is 4.79 Å². The molecule has 9 heavy (non-hydrogen) atoms. The van der Waals surface area contributed by atoms with E-state index >= 15 is 0 Å². The average molecular weight is 124 g/mol. The van der Waals surface area contributed by atoms with Crippen LogP contribution in [-0.2, 0) is 4.79 Å². The minimum atomic E-state index is 0.750. The van der Waals surface area contributed by atoms with Crippen LogP contribution >= 0.6 is 0 Å². The molecule has 3 heteroatoms. The zero-order valence-corrected chi connectivity index (χ0v) is 5.19. The molecule has 48 valence electrons. The Hall–Kier alpha value is -1.25. The Kier molecular flexibility index (Phi) is 5.81. The molecule has 0 aromatic carbocycles. The molecule has 0 aliphatic rings. The summed E-state index contributed by atoms with van der Waals surface area (Å²) in [5.41, 5.74) is 0. The van der Waals surface area contributed by atoms with Gasteiger partial charge in [-0.15, -0.1) is 0 Å². The molecule has 0 radical (unpaired) electrons. The number of hydrogen-bond donors (Lipinski definition) is 0. The van der Waals surface area contributed by atoms with Crippen molar-refractivity contribution in [2.24, 2.45) is 0 Å². The number of hydrogen-bond acceptors (Lipinski definition) is 3. The zero-order valence-electron chi connectivity index (χ0n) is 5.19. The van der Waals surface area contributed by atoms with Gasteiger partial charge in [0.25, 0.3) is 0 Å². The van der Waals surface area contributed by atoms with Crippen LogP contribution in [0.5, 0.6) is 0 Å². The molecule has 0 aliphatic carbocycles. The van der Waals surface area contributed by atoms with Gasteiger partial charge in [-0.1, -0.05) is 0 Å². The molecule has 0 fully saturated rings. The average Bonchev–Trinajstić information content (AvgIpc) is 1.93.